The Morgan fingerprint density at radius 2 is 1.90 bits per heavy atom. The van der Waals surface area contributed by atoms with Crippen LogP contribution >= 0.6 is 0 Å². The van der Waals surface area contributed by atoms with Crippen LogP contribution in [0.2, 0.25) is 0 Å². The summed E-state index contributed by atoms with van der Waals surface area (Å²) in [4.78, 5) is 27.9. The van der Waals surface area contributed by atoms with Crippen LogP contribution in [0.4, 0.5) is 0 Å². The number of hydrogen-bond acceptors (Lipinski definition) is 3. The summed E-state index contributed by atoms with van der Waals surface area (Å²) in [5, 5.41) is 12.4. The fourth-order valence-electron chi connectivity index (χ4n) is 4.63. The standard InChI is InChI=1S/C23H36N4O3/c1-3-4-6-11-18(12-17-9-7-5-8-10-17)13-20(26-22(24)25)23(27-16(2)28)14-19(15-23)21(29)30/h5,7-10,18-20H,3-4,6,11-15H2,1-2H3,(H,27,28)(H,29,30)(H4,24,25,26). The monoisotopic (exact) mass is 416 g/mol. The number of benzene rings is 1. The van der Waals surface area contributed by atoms with E-state index >= 15 is 0 Å². The third-order valence-corrected chi connectivity index (χ3v) is 6.08. The van der Waals surface area contributed by atoms with Gasteiger partial charge in [0.05, 0.1) is 17.5 Å². The van der Waals surface area contributed by atoms with Gasteiger partial charge >= 0.3 is 5.97 Å². The van der Waals surface area contributed by atoms with Crippen LogP contribution in [0.5, 0.6) is 0 Å². The van der Waals surface area contributed by atoms with Gasteiger partial charge in [-0.1, -0.05) is 62.9 Å². The van der Waals surface area contributed by atoms with E-state index in [-0.39, 0.29) is 17.9 Å². The lowest BCUT2D eigenvalue weighted by Crippen LogP contribution is -2.65. The quantitative estimate of drug-likeness (QED) is 0.236. The first-order chi connectivity index (χ1) is 14.3. The van der Waals surface area contributed by atoms with E-state index in [2.05, 4.69) is 29.4 Å². The van der Waals surface area contributed by atoms with E-state index < -0.39 is 17.4 Å². The highest BCUT2D eigenvalue weighted by Crippen LogP contribution is 2.44. The number of aliphatic carboxylic acids is 1. The fraction of sp³-hybridized carbons (Fsp3) is 0.609. The van der Waals surface area contributed by atoms with Crippen LogP contribution in [0.3, 0.4) is 0 Å². The molecule has 0 aliphatic heterocycles. The lowest BCUT2D eigenvalue weighted by molar-refractivity contribution is -0.150. The Balaban J connectivity index is 2.25. The van der Waals surface area contributed by atoms with Gasteiger partial charge in [0.15, 0.2) is 5.96 Å². The highest BCUT2D eigenvalue weighted by Gasteiger charge is 2.53. The molecule has 6 N–H and O–H groups in total. The molecule has 1 saturated carbocycles. The van der Waals surface area contributed by atoms with Crippen LogP contribution in [-0.2, 0) is 16.0 Å². The Hall–Kier alpha value is -2.57. The second-order valence-corrected chi connectivity index (χ2v) is 8.64. The molecule has 30 heavy (non-hydrogen) atoms. The number of carboxylic acid groups (broad SMARTS) is 1. The van der Waals surface area contributed by atoms with Gasteiger partial charge < -0.3 is 21.9 Å². The normalized spacial score (nSPS) is 22.4. The number of unbranched alkanes of at least 4 members (excludes halogenated alkanes) is 2. The summed E-state index contributed by atoms with van der Waals surface area (Å²) in [6.07, 6.45) is 6.75. The van der Waals surface area contributed by atoms with Crippen LogP contribution in [0.15, 0.2) is 35.3 Å². The lowest BCUT2D eigenvalue weighted by Gasteiger charge is -2.50. The van der Waals surface area contributed by atoms with Crippen molar-refractivity contribution >= 4 is 17.8 Å². The van der Waals surface area contributed by atoms with Gasteiger partial charge in [-0.15, -0.1) is 0 Å². The minimum absolute atomic E-state index is 0.0319. The summed E-state index contributed by atoms with van der Waals surface area (Å²) in [6.45, 7) is 3.63. The highest BCUT2D eigenvalue weighted by atomic mass is 16.4. The van der Waals surface area contributed by atoms with E-state index in [0.29, 0.717) is 25.2 Å². The fourth-order valence-corrected chi connectivity index (χ4v) is 4.63. The summed E-state index contributed by atoms with van der Waals surface area (Å²) >= 11 is 0. The molecule has 2 rings (SSSR count). The van der Waals surface area contributed by atoms with E-state index in [0.717, 1.165) is 32.1 Å². The third-order valence-electron chi connectivity index (χ3n) is 6.08. The molecule has 166 valence electrons. The van der Waals surface area contributed by atoms with Crippen molar-refractivity contribution in [2.45, 2.75) is 76.8 Å². The predicted octanol–water partition coefficient (Wildman–Crippen LogP) is 2.83. The number of aliphatic imine (C=N–C) groups is 1. The SMILES string of the molecule is CCCCCC(Cc1ccccc1)CC(N=C(N)N)C1(NC(C)=O)CC(C(=O)O)C1. The third kappa shape index (κ3) is 6.75. The first kappa shape index (κ1) is 23.7. The van der Waals surface area contributed by atoms with Crippen LogP contribution in [-0.4, -0.2) is 34.5 Å². The minimum Gasteiger partial charge on any atom is -0.481 e. The van der Waals surface area contributed by atoms with Gasteiger partial charge in [-0.25, -0.2) is 4.99 Å². The molecule has 2 atom stereocenters. The number of carbonyl (C=O) groups excluding carboxylic acids is 1. The lowest BCUT2D eigenvalue weighted by atomic mass is 9.62. The maximum absolute atomic E-state index is 11.9. The molecule has 7 heteroatoms. The van der Waals surface area contributed by atoms with Gasteiger partial charge in [-0.2, -0.15) is 0 Å². The van der Waals surface area contributed by atoms with Crippen molar-refractivity contribution in [2.75, 3.05) is 0 Å². The molecule has 0 bridgehead atoms. The molecule has 1 amide bonds. The van der Waals surface area contributed by atoms with E-state index in [4.69, 9.17) is 11.5 Å². The van der Waals surface area contributed by atoms with Gasteiger partial charge in [0.25, 0.3) is 0 Å². The summed E-state index contributed by atoms with van der Waals surface area (Å²) in [6, 6.07) is 9.97. The van der Waals surface area contributed by atoms with Gasteiger partial charge in [0.1, 0.15) is 0 Å². The molecule has 1 fully saturated rings. The Kier molecular flexibility index (Phi) is 8.69. The first-order valence-corrected chi connectivity index (χ1v) is 10.9. The Bertz CT molecular complexity index is 725. The largest absolute Gasteiger partial charge is 0.481 e. The van der Waals surface area contributed by atoms with Gasteiger partial charge in [-0.05, 0) is 37.2 Å². The summed E-state index contributed by atoms with van der Waals surface area (Å²) in [5.74, 6) is -1.22. The number of guanidine groups is 1. The zero-order valence-electron chi connectivity index (χ0n) is 18.1. The van der Waals surface area contributed by atoms with Crippen LogP contribution in [0.25, 0.3) is 0 Å². The minimum atomic E-state index is -0.844. The Morgan fingerprint density at radius 3 is 2.43 bits per heavy atom. The molecule has 0 spiro atoms. The van der Waals surface area contributed by atoms with E-state index in [1.165, 1.54) is 12.5 Å². The van der Waals surface area contributed by atoms with Gasteiger partial charge in [0.2, 0.25) is 5.91 Å². The summed E-state index contributed by atoms with van der Waals surface area (Å²) in [5.41, 5.74) is 12.0. The van der Waals surface area contributed by atoms with Crippen LogP contribution in [0.1, 0.15) is 64.4 Å². The summed E-state index contributed by atoms with van der Waals surface area (Å²) < 4.78 is 0. The molecule has 0 heterocycles. The molecule has 1 aliphatic rings. The molecule has 0 aromatic heterocycles. The number of hydrogen-bond donors (Lipinski definition) is 4. The zero-order chi connectivity index (χ0) is 22.1. The maximum Gasteiger partial charge on any atom is 0.306 e. The number of carboxylic acids is 1. The second-order valence-electron chi connectivity index (χ2n) is 8.64. The smallest absolute Gasteiger partial charge is 0.306 e. The van der Waals surface area contributed by atoms with Crippen molar-refractivity contribution in [2.24, 2.45) is 28.3 Å². The molecule has 1 aliphatic carbocycles. The van der Waals surface area contributed by atoms with E-state index in [1.54, 1.807) is 0 Å². The van der Waals surface area contributed by atoms with E-state index in [1.807, 2.05) is 18.2 Å². The highest BCUT2D eigenvalue weighted by molar-refractivity contribution is 5.78. The predicted molar refractivity (Wildman–Crippen MR) is 119 cm³/mol. The molecule has 1 aromatic rings. The number of nitrogens with one attached hydrogen (secondary N) is 1. The average Bonchev–Trinajstić information content (AvgIpc) is 2.64. The Labute approximate surface area is 179 Å². The molecular weight excluding hydrogens is 380 g/mol. The van der Waals surface area contributed by atoms with Crippen molar-refractivity contribution < 1.29 is 14.7 Å². The molecule has 0 saturated heterocycles. The van der Waals surface area contributed by atoms with Crippen molar-refractivity contribution in [1.29, 1.82) is 0 Å². The molecular formula is C23H36N4O3. The van der Waals surface area contributed by atoms with Crippen molar-refractivity contribution in [3.63, 3.8) is 0 Å². The molecule has 7 nitrogen and oxygen atoms in total. The van der Waals surface area contributed by atoms with E-state index in [9.17, 15) is 14.7 Å². The number of nitrogens with zero attached hydrogens (tertiary/aromatic N) is 1. The second kappa shape index (κ2) is 11.0. The summed E-state index contributed by atoms with van der Waals surface area (Å²) in [7, 11) is 0. The molecule has 1 aromatic carbocycles. The molecule has 2 unspecified atom stereocenters. The molecule has 0 radical (unpaired) electrons. The Morgan fingerprint density at radius 1 is 1.23 bits per heavy atom. The van der Waals surface area contributed by atoms with Gasteiger partial charge in [0, 0.05) is 6.92 Å². The van der Waals surface area contributed by atoms with Crippen LogP contribution in [0, 0.1) is 11.8 Å². The van der Waals surface area contributed by atoms with Gasteiger partial charge in [-0.3, -0.25) is 9.59 Å². The van der Waals surface area contributed by atoms with Crippen LogP contribution < -0.4 is 16.8 Å². The topological polar surface area (TPSA) is 131 Å². The number of nitrogens with two attached hydrogens (primary N) is 2. The maximum atomic E-state index is 11.9. The van der Waals surface area contributed by atoms with Crippen molar-refractivity contribution in [3.05, 3.63) is 35.9 Å². The average molecular weight is 417 g/mol. The number of carbonyl (C=O) groups is 2. The zero-order valence-corrected chi connectivity index (χ0v) is 18.1. The number of amides is 1. The first-order valence-electron chi connectivity index (χ1n) is 10.9. The number of rotatable bonds is 12. The van der Waals surface area contributed by atoms with Crippen molar-refractivity contribution in [3.8, 4) is 0 Å². The van der Waals surface area contributed by atoms with Crippen molar-refractivity contribution in [1.82, 2.24) is 5.32 Å².